The second-order valence-corrected chi connectivity index (χ2v) is 5.62. The summed E-state index contributed by atoms with van der Waals surface area (Å²) in [5, 5.41) is 0. The molecular weight excluding hydrogens is 208 g/mol. The second kappa shape index (κ2) is 6.55. The van der Waals surface area contributed by atoms with Gasteiger partial charge in [-0.2, -0.15) is 0 Å². The molecule has 0 aromatic rings. The smallest absolute Gasteiger partial charge is 0.0547 e. The van der Waals surface area contributed by atoms with E-state index in [9.17, 15) is 0 Å². The molecule has 1 atom stereocenters. The Labute approximate surface area is 107 Å². The third-order valence-corrected chi connectivity index (χ3v) is 4.07. The van der Waals surface area contributed by atoms with Crippen LogP contribution in [-0.2, 0) is 0 Å². The molecule has 0 aromatic carbocycles. The second-order valence-electron chi connectivity index (χ2n) is 5.62. The lowest BCUT2D eigenvalue weighted by molar-refractivity contribution is 0.118. The van der Waals surface area contributed by atoms with E-state index >= 15 is 0 Å². The van der Waals surface area contributed by atoms with Crippen molar-refractivity contribution in [2.75, 3.05) is 6.54 Å². The summed E-state index contributed by atoms with van der Waals surface area (Å²) in [6, 6.07) is 0. The highest BCUT2D eigenvalue weighted by atomic mass is 15.3. The minimum atomic E-state index is 0.201. The maximum Gasteiger partial charge on any atom is 0.0547 e. The summed E-state index contributed by atoms with van der Waals surface area (Å²) in [6.07, 6.45) is 8.97. The van der Waals surface area contributed by atoms with Crippen molar-refractivity contribution in [3.8, 4) is 0 Å². The van der Waals surface area contributed by atoms with E-state index in [4.69, 9.17) is 5.73 Å². The van der Waals surface area contributed by atoms with E-state index in [-0.39, 0.29) is 6.17 Å². The maximum absolute atomic E-state index is 6.11. The summed E-state index contributed by atoms with van der Waals surface area (Å²) in [4.78, 5) is 2.53. The third-order valence-electron chi connectivity index (χ3n) is 4.07. The molecule has 0 amide bonds. The van der Waals surface area contributed by atoms with Crippen molar-refractivity contribution in [2.45, 2.75) is 77.4 Å². The summed E-state index contributed by atoms with van der Waals surface area (Å²) in [5.74, 6) is 0. The zero-order valence-electron chi connectivity index (χ0n) is 12.0. The monoisotopic (exact) mass is 238 g/mol. The average Bonchev–Trinajstić information content (AvgIpc) is 3.06. The Bertz CT molecular complexity index is 241. The molecule has 0 aromatic heterocycles. The van der Waals surface area contributed by atoms with Crippen LogP contribution in [-0.4, -0.2) is 23.1 Å². The minimum Gasteiger partial charge on any atom is -0.316 e. The number of rotatable bonds is 9. The quantitative estimate of drug-likeness (QED) is 0.490. The zero-order valence-corrected chi connectivity index (χ0v) is 12.0. The van der Waals surface area contributed by atoms with Crippen LogP contribution >= 0.6 is 0 Å². The van der Waals surface area contributed by atoms with Crippen LogP contribution in [0.2, 0.25) is 0 Å². The SMILES string of the molecule is C=C(CC)CCCC1(N(CCC)C(C)N)CC1. The molecule has 1 saturated carbocycles. The first-order chi connectivity index (χ1) is 8.05. The minimum absolute atomic E-state index is 0.201. The largest absolute Gasteiger partial charge is 0.316 e. The molecule has 0 heterocycles. The lowest BCUT2D eigenvalue weighted by Crippen LogP contribution is -2.48. The lowest BCUT2D eigenvalue weighted by atomic mass is 10.0. The fraction of sp³-hybridized carbons (Fsp3) is 0.867. The highest BCUT2D eigenvalue weighted by Gasteiger charge is 2.47. The first-order valence-electron chi connectivity index (χ1n) is 7.24. The van der Waals surface area contributed by atoms with Gasteiger partial charge in [0.15, 0.2) is 0 Å². The van der Waals surface area contributed by atoms with Crippen molar-refractivity contribution < 1.29 is 0 Å². The summed E-state index contributed by atoms with van der Waals surface area (Å²) >= 11 is 0. The molecule has 100 valence electrons. The summed E-state index contributed by atoms with van der Waals surface area (Å²) in [7, 11) is 0. The van der Waals surface area contributed by atoms with Gasteiger partial charge in [0.2, 0.25) is 0 Å². The van der Waals surface area contributed by atoms with Gasteiger partial charge in [-0.3, -0.25) is 4.90 Å². The standard InChI is InChI=1S/C15H30N2/c1-5-12-17(14(4)16)15(10-11-15)9-7-8-13(3)6-2/h14H,3,5-12,16H2,1-2,4H3. The molecule has 1 rings (SSSR count). The van der Waals surface area contributed by atoms with Gasteiger partial charge < -0.3 is 5.73 Å². The first kappa shape index (κ1) is 14.7. The Balaban J connectivity index is 2.41. The molecule has 17 heavy (non-hydrogen) atoms. The summed E-state index contributed by atoms with van der Waals surface area (Å²) in [6.45, 7) is 11.8. The van der Waals surface area contributed by atoms with Crippen LogP contribution in [0.3, 0.4) is 0 Å². The van der Waals surface area contributed by atoms with Gasteiger partial charge in [-0.25, -0.2) is 0 Å². The van der Waals surface area contributed by atoms with Crippen molar-refractivity contribution in [1.82, 2.24) is 4.90 Å². The fourth-order valence-electron chi connectivity index (χ4n) is 2.78. The molecular formula is C15H30N2. The predicted molar refractivity (Wildman–Crippen MR) is 75.9 cm³/mol. The molecule has 0 saturated heterocycles. The molecule has 0 spiro atoms. The number of hydrogen-bond donors (Lipinski definition) is 1. The highest BCUT2D eigenvalue weighted by Crippen LogP contribution is 2.46. The third kappa shape index (κ3) is 4.11. The first-order valence-corrected chi connectivity index (χ1v) is 7.24. The topological polar surface area (TPSA) is 29.3 Å². The molecule has 0 aliphatic heterocycles. The number of nitrogens with zero attached hydrogens (tertiary/aromatic N) is 1. The van der Waals surface area contributed by atoms with Gasteiger partial charge in [-0.1, -0.05) is 26.0 Å². The molecule has 1 unspecified atom stereocenters. The van der Waals surface area contributed by atoms with Crippen LogP contribution in [0.15, 0.2) is 12.2 Å². The molecule has 1 aliphatic rings. The van der Waals surface area contributed by atoms with Crippen LogP contribution in [0.25, 0.3) is 0 Å². The number of hydrogen-bond acceptors (Lipinski definition) is 2. The van der Waals surface area contributed by atoms with Crippen LogP contribution < -0.4 is 5.73 Å². The van der Waals surface area contributed by atoms with Crippen LogP contribution in [0.5, 0.6) is 0 Å². The summed E-state index contributed by atoms with van der Waals surface area (Å²) < 4.78 is 0. The molecule has 2 heteroatoms. The predicted octanol–water partition coefficient (Wildman–Crippen LogP) is 3.67. The van der Waals surface area contributed by atoms with E-state index in [1.165, 1.54) is 44.1 Å². The van der Waals surface area contributed by atoms with Gasteiger partial charge >= 0.3 is 0 Å². The fourth-order valence-corrected chi connectivity index (χ4v) is 2.78. The van der Waals surface area contributed by atoms with Crippen molar-refractivity contribution >= 4 is 0 Å². The van der Waals surface area contributed by atoms with E-state index in [1.54, 1.807) is 0 Å². The van der Waals surface area contributed by atoms with E-state index in [2.05, 4.69) is 32.3 Å². The van der Waals surface area contributed by atoms with Gasteiger partial charge in [0, 0.05) is 5.54 Å². The molecule has 1 aliphatic carbocycles. The Morgan fingerprint density at radius 3 is 2.47 bits per heavy atom. The summed E-state index contributed by atoms with van der Waals surface area (Å²) in [5.41, 5.74) is 7.95. The Hall–Kier alpha value is -0.340. The Morgan fingerprint density at radius 2 is 2.06 bits per heavy atom. The number of nitrogens with two attached hydrogens (primary N) is 1. The maximum atomic E-state index is 6.11. The van der Waals surface area contributed by atoms with Gasteiger partial charge in [0.05, 0.1) is 6.17 Å². The van der Waals surface area contributed by atoms with Crippen molar-refractivity contribution in [2.24, 2.45) is 5.73 Å². The van der Waals surface area contributed by atoms with Crippen LogP contribution in [0.4, 0.5) is 0 Å². The lowest BCUT2D eigenvalue weighted by Gasteiger charge is -2.35. The van der Waals surface area contributed by atoms with Crippen molar-refractivity contribution in [3.63, 3.8) is 0 Å². The van der Waals surface area contributed by atoms with E-state index in [0.29, 0.717) is 5.54 Å². The Kier molecular flexibility index (Phi) is 5.68. The highest BCUT2D eigenvalue weighted by molar-refractivity contribution is 5.05. The molecule has 2 nitrogen and oxygen atoms in total. The molecule has 0 bridgehead atoms. The van der Waals surface area contributed by atoms with E-state index in [0.717, 1.165) is 13.0 Å². The Morgan fingerprint density at radius 1 is 1.41 bits per heavy atom. The molecule has 2 N–H and O–H groups in total. The van der Waals surface area contributed by atoms with Crippen molar-refractivity contribution in [3.05, 3.63) is 12.2 Å². The van der Waals surface area contributed by atoms with E-state index < -0.39 is 0 Å². The zero-order chi connectivity index (χ0) is 12.9. The van der Waals surface area contributed by atoms with Gasteiger partial charge in [-0.05, 0) is 58.4 Å². The van der Waals surface area contributed by atoms with Crippen LogP contribution in [0, 0.1) is 0 Å². The van der Waals surface area contributed by atoms with Crippen LogP contribution in [0.1, 0.15) is 65.7 Å². The molecule has 0 radical (unpaired) electrons. The average molecular weight is 238 g/mol. The van der Waals surface area contributed by atoms with Gasteiger partial charge in [0.1, 0.15) is 0 Å². The number of allylic oxidation sites excluding steroid dienone is 1. The van der Waals surface area contributed by atoms with Gasteiger partial charge in [-0.15, -0.1) is 0 Å². The van der Waals surface area contributed by atoms with Gasteiger partial charge in [0.25, 0.3) is 0 Å². The van der Waals surface area contributed by atoms with Crippen molar-refractivity contribution in [1.29, 1.82) is 0 Å². The van der Waals surface area contributed by atoms with E-state index in [1.807, 2.05) is 0 Å². The normalized spacial score (nSPS) is 19.4. The molecule has 1 fully saturated rings.